The van der Waals surface area contributed by atoms with E-state index in [9.17, 15) is 13.2 Å². The molecule has 0 aliphatic heterocycles. The molecule has 0 spiro atoms. The smallest absolute Gasteiger partial charge is 0.280 e. The lowest BCUT2D eigenvalue weighted by Gasteiger charge is -2.22. The zero-order valence-electron chi connectivity index (χ0n) is 22.3. The minimum absolute atomic E-state index is 0.161. The Labute approximate surface area is 238 Å². The third kappa shape index (κ3) is 6.19. The summed E-state index contributed by atoms with van der Waals surface area (Å²) in [5.74, 6) is -0.181. The van der Waals surface area contributed by atoms with Crippen molar-refractivity contribution in [3.63, 3.8) is 0 Å². The van der Waals surface area contributed by atoms with E-state index in [1.807, 2.05) is 69.3 Å². The lowest BCUT2D eigenvalue weighted by molar-refractivity contribution is 0.0927. The van der Waals surface area contributed by atoms with Crippen LogP contribution in [0.15, 0.2) is 65.6 Å². The first-order valence-corrected chi connectivity index (χ1v) is 15.8. The van der Waals surface area contributed by atoms with Crippen LogP contribution in [-0.2, 0) is 10.0 Å². The Balaban J connectivity index is 1.65. The number of hydrogen-bond donors (Lipinski definition) is 2. The van der Waals surface area contributed by atoms with E-state index in [1.54, 1.807) is 12.1 Å². The van der Waals surface area contributed by atoms with E-state index in [4.69, 9.17) is 16.6 Å². The first-order chi connectivity index (χ1) is 18.5. The van der Waals surface area contributed by atoms with Crippen molar-refractivity contribution in [3.8, 4) is 21.7 Å². The Morgan fingerprint density at radius 3 is 2.38 bits per heavy atom. The van der Waals surface area contributed by atoms with E-state index in [0.717, 1.165) is 47.1 Å². The number of nitrogens with one attached hydrogen (secondary N) is 2. The molecule has 0 bridgehead atoms. The predicted molar refractivity (Wildman–Crippen MR) is 160 cm³/mol. The number of amides is 1. The fourth-order valence-corrected chi connectivity index (χ4v) is 7.94. The van der Waals surface area contributed by atoms with Crippen molar-refractivity contribution in [2.75, 3.05) is 0 Å². The largest absolute Gasteiger partial charge is 0.347 e. The monoisotopic (exact) mass is 581 g/mol. The second-order valence-electron chi connectivity index (χ2n) is 11.0. The van der Waals surface area contributed by atoms with E-state index in [2.05, 4.69) is 10.0 Å². The molecule has 4 aromatic rings. The van der Waals surface area contributed by atoms with Gasteiger partial charge in [-0.15, -0.1) is 11.3 Å². The summed E-state index contributed by atoms with van der Waals surface area (Å²) in [6.45, 7) is 5.45. The summed E-state index contributed by atoms with van der Waals surface area (Å²) in [4.78, 5) is 19.1. The van der Waals surface area contributed by atoms with E-state index >= 15 is 0 Å². The molecule has 5 rings (SSSR count). The summed E-state index contributed by atoms with van der Waals surface area (Å²) in [6, 6.07) is 18.4. The molecule has 1 aromatic heterocycles. The van der Waals surface area contributed by atoms with Gasteiger partial charge < -0.3 is 5.32 Å². The molecule has 1 fully saturated rings. The van der Waals surface area contributed by atoms with Crippen molar-refractivity contribution < 1.29 is 13.2 Å². The standard InChI is InChI=1S/C30H32ClN3O3S2/c1-30(2,3)34-39(36,37)25-17-16-24(22-14-7-8-15-23(22)25)27-26(19-10-9-11-20(31)18-19)33-29(38-27)28(35)32-21-12-5-4-6-13-21/h7-11,14-18,21,34H,4-6,12-13H2,1-3H3,(H,32,35). The van der Waals surface area contributed by atoms with Gasteiger partial charge in [0.05, 0.1) is 15.5 Å². The first kappa shape index (κ1) is 27.8. The molecule has 1 aliphatic carbocycles. The van der Waals surface area contributed by atoms with E-state index < -0.39 is 15.6 Å². The SMILES string of the molecule is CC(C)(C)NS(=O)(=O)c1ccc(-c2sc(C(=O)NC3CCCCC3)nc2-c2cccc(Cl)c2)c2ccccc12. The molecule has 9 heteroatoms. The maximum atomic E-state index is 13.3. The van der Waals surface area contributed by atoms with Crippen LogP contribution in [0.3, 0.4) is 0 Å². The summed E-state index contributed by atoms with van der Waals surface area (Å²) in [6.07, 6.45) is 5.40. The Bertz CT molecular complexity index is 1630. The summed E-state index contributed by atoms with van der Waals surface area (Å²) < 4.78 is 29.4. The van der Waals surface area contributed by atoms with Crippen LogP contribution in [0.2, 0.25) is 5.02 Å². The highest BCUT2D eigenvalue weighted by atomic mass is 35.5. The molecule has 204 valence electrons. The van der Waals surface area contributed by atoms with Crippen molar-refractivity contribution in [1.82, 2.24) is 15.0 Å². The van der Waals surface area contributed by atoms with Gasteiger partial charge in [-0.2, -0.15) is 0 Å². The van der Waals surface area contributed by atoms with Crippen LogP contribution < -0.4 is 10.0 Å². The Morgan fingerprint density at radius 2 is 1.69 bits per heavy atom. The molecule has 6 nitrogen and oxygen atoms in total. The van der Waals surface area contributed by atoms with E-state index in [0.29, 0.717) is 21.1 Å². The van der Waals surface area contributed by atoms with Gasteiger partial charge in [-0.3, -0.25) is 4.79 Å². The molecular weight excluding hydrogens is 550 g/mol. The number of halogens is 1. The van der Waals surface area contributed by atoms with Crippen LogP contribution in [-0.4, -0.2) is 30.9 Å². The Hall–Kier alpha value is -2.78. The summed E-state index contributed by atoms with van der Waals surface area (Å²) in [7, 11) is -3.78. The number of sulfonamides is 1. The van der Waals surface area contributed by atoms with Gasteiger partial charge in [-0.05, 0) is 57.2 Å². The molecule has 0 atom stereocenters. The van der Waals surface area contributed by atoms with Crippen molar-refractivity contribution in [1.29, 1.82) is 0 Å². The molecular formula is C30H32ClN3O3S2. The summed E-state index contributed by atoms with van der Waals surface area (Å²) >= 11 is 7.65. The molecule has 0 radical (unpaired) electrons. The number of benzene rings is 3. The topological polar surface area (TPSA) is 88.2 Å². The van der Waals surface area contributed by atoms with Gasteiger partial charge in [0, 0.05) is 33.1 Å². The highest BCUT2D eigenvalue weighted by Gasteiger charge is 2.27. The Morgan fingerprint density at radius 1 is 0.974 bits per heavy atom. The fourth-order valence-electron chi connectivity index (χ4n) is 5.09. The number of rotatable bonds is 6. The third-order valence-electron chi connectivity index (χ3n) is 6.72. The lowest BCUT2D eigenvalue weighted by atomic mass is 9.95. The molecule has 1 amide bonds. The highest BCUT2D eigenvalue weighted by Crippen LogP contribution is 2.42. The number of carbonyl (C=O) groups is 1. The molecule has 1 aliphatic rings. The first-order valence-electron chi connectivity index (χ1n) is 13.2. The van der Waals surface area contributed by atoms with Crippen LogP contribution >= 0.6 is 22.9 Å². The molecule has 1 heterocycles. The zero-order chi connectivity index (χ0) is 27.8. The molecule has 3 aromatic carbocycles. The lowest BCUT2D eigenvalue weighted by Crippen LogP contribution is -2.40. The van der Waals surface area contributed by atoms with Gasteiger partial charge in [0.1, 0.15) is 0 Å². The number of nitrogens with zero attached hydrogens (tertiary/aromatic N) is 1. The van der Waals surface area contributed by atoms with Gasteiger partial charge in [-0.25, -0.2) is 18.1 Å². The number of aromatic nitrogens is 1. The maximum Gasteiger partial charge on any atom is 0.280 e. The number of hydrogen-bond acceptors (Lipinski definition) is 5. The fraction of sp³-hybridized carbons (Fsp3) is 0.333. The average Bonchev–Trinajstić information content (AvgIpc) is 3.33. The zero-order valence-corrected chi connectivity index (χ0v) is 24.6. The number of thiazole rings is 1. The van der Waals surface area contributed by atoms with Crippen molar-refractivity contribution >= 4 is 49.6 Å². The normalized spacial score (nSPS) is 15.0. The third-order valence-corrected chi connectivity index (χ3v) is 9.86. The Kier molecular flexibility index (Phi) is 7.84. The van der Waals surface area contributed by atoms with Gasteiger partial charge in [0.15, 0.2) is 5.01 Å². The second kappa shape index (κ2) is 11.0. The number of carbonyl (C=O) groups excluding carboxylic acids is 1. The minimum Gasteiger partial charge on any atom is -0.347 e. The van der Waals surface area contributed by atoms with Crippen molar-refractivity contribution in [2.24, 2.45) is 0 Å². The maximum absolute atomic E-state index is 13.3. The van der Waals surface area contributed by atoms with E-state index in [1.165, 1.54) is 17.8 Å². The van der Waals surface area contributed by atoms with Gasteiger partial charge >= 0.3 is 0 Å². The van der Waals surface area contributed by atoms with Crippen LogP contribution in [0.1, 0.15) is 62.7 Å². The van der Waals surface area contributed by atoms with Crippen LogP contribution in [0.4, 0.5) is 0 Å². The number of fused-ring (bicyclic) bond motifs is 1. The molecule has 0 saturated heterocycles. The summed E-state index contributed by atoms with van der Waals surface area (Å²) in [5.41, 5.74) is 1.62. The molecule has 1 saturated carbocycles. The van der Waals surface area contributed by atoms with Crippen LogP contribution in [0, 0.1) is 0 Å². The molecule has 0 unspecified atom stereocenters. The molecule has 2 N–H and O–H groups in total. The van der Waals surface area contributed by atoms with Crippen LogP contribution in [0.25, 0.3) is 32.5 Å². The average molecular weight is 582 g/mol. The van der Waals surface area contributed by atoms with Gasteiger partial charge in [0.25, 0.3) is 5.91 Å². The van der Waals surface area contributed by atoms with Crippen molar-refractivity contribution in [2.45, 2.75) is 69.4 Å². The predicted octanol–water partition coefficient (Wildman–Crippen LogP) is 7.42. The highest BCUT2D eigenvalue weighted by molar-refractivity contribution is 7.89. The summed E-state index contributed by atoms with van der Waals surface area (Å²) in [5, 5.41) is 5.48. The minimum atomic E-state index is -3.78. The molecule has 39 heavy (non-hydrogen) atoms. The van der Waals surface area contributed by atoms with Crippen LogP contribution in [0.5, 0.6) is 0 Å². The van der Waals surface area contributed by atoms with Gasteiger partial charge in [0.2, 0.25) is 10.0 Å². The quantitative estimate of drug-likeness (QED) is 0.248. The van der Waals surface area contributed by atoms with Gasteiger partial charge in [-0.1, -0.05) is 73.3 Å². The van der Waals surface area contributed by atoms with Crippen molar-refractivity contribution in [3.05, 3.63) is 70.7 Å². The van der Waals surface area contributed by atoms with E-state index in [-0.39, 0.29) is 16.8 Å². The second-order valence-corrected chi connectivity index (χ2v) is 14.1.